The third kappa shape index (κ3) is 4.49. The summed E-state index contributed by atoms with van der Waals surface area (Å²) in [6.07, 6.45) is 8.77. The van der Waals surface area contributed by atoms with E-state index in [9.17, 15) is 0 Å². The van der Waals surface area contributed by atoms with Crippen LogP contribution in [-0.4, -0.2) is 0 Å². The van der Waals surface area contributed by atoms with Crippen LogP contribution in [0.3, 0.4) is 0 Å². The normalized spacial score (nSPS) is 14.0. The van der Waals surface area contributed by atoms with Gasteiger partial charge in [-0.2, -0.15) is 0 Å². The van der Waals surface area contributed by atoms with Crippen molar-refractivity contribution in [1.29, 1.82) is 0 Å². The Morgan fingerprint density at radius 2 is 1.26 bits per heavy atom. The molecule has 0 N–H and O–H groups in total. The van der Waals surface area contributed by atoms with Crippen LogP contribution >= 0.6 is 0 Å². The Kier molecular flexibility index (Phi) is 7.66. The molecule has 1 aliphatic rings. The Balaban J connectivity index is 1.92. The van der Waals surface area contributed by atoms with Gasteiger partial charge in [-0.1, -0.05) is 128 Å². The summed E-state index contributed by atoms with van der Waals surface area (Å²) in [5.41, 5.74) is 11.8. The zero-order valence-electron chi connectivity index (χ0n) is 22.4. The molecule has 0 saturated carbocycles. The lowest BCUT2D eigenvalue weighted by Crippen LogP contribution is -2.27. The zero-order chi connectivity index (χ0) is 24.3. The molecule has 3 aromatic carbocycles. The molecule has 0 saturated heterocycles. The van der Waals surface area contributed by atoms with E-state index in [0.29, 0.717) is 11.8 Å². The molecule has 0 spiro atoms. The molecule has 0 unspecified atom stereocenters. The van der Waals surface area contributed by atoms with Crippen molar-refractivity contribution < 1.29 is 0 Å². The molecule has 0 aliphatic heterocycles. The van der Waals surface area contributed by atoms with Crippen molar-refractivity contribution >= 4 is 0 Å². The van der Waals surface area contributed by atoms with Crippen molar-refractivity contribution in [3.8, 4) is 11.1 Å². The number of unbranched alkanes of at least 4 members (excludes halogenated alkanes) is 3. The van der Waals surface area contributed by atoms with Crippen molar-refractivity contribution in [2.45, 2.75) is 104 Å². The SMILES string of the molecule is CCCCCCc1cccc(C2(CCC)c3cc(C(C)C)ccc3-c3ccc(C(C)C)cc32)c1. The molecule has 1 aliphatic carbocycles. The Hall–Kier alpha value is -2.34. The van der Waals surface area contributed by atoms with Crippen LogP contribution in [0.25, 0.3) is 11.1 Å². The third-order valence-corrected chi connectivity index (χ3v) is 7.99. The molecule has 0 heteroatoms. The summed E-state index contributed by atoms with van der Waals surface area (Å²) >= 11 is 0. The molecule has 0 atom stereocenters. The molecule has 0 amide bonds. The average Bonchev–Trinajstić information content (AvgIpc) is 3.11. The van der Waals surface area contributed by atoms with E-state index in [1.165, 1.54) is 76.6 Å². The molecule has 0 heterocycles. The lowest BCUT2D eigenvalue weighted by atomic mass is 9.68. The monoisotopic (exact) mass is 452 g/mol. The number of aryl methyl sites for hydroxylation is 1. The zero-order valence-corrected chi connectivity index (χ0v) is 22.4. The molecule has 0 bridgehead atoms. The number of hydrogen-bond donors (Lipinski definition) is 0. The fraction of sp³-hybridized carbons (Fsp3) is 0.471. The maximum atomic E-state index is 2.55. The van der Waals surface area contributed by atoms with Gasteiger partial charge in [-0.25, -0.2) is 0 Å². The molecule has 34 heavy (non-hydrogen) atoms. The Labute approximate surface area is 208 Å². The Bertz CT molecular complexity index is 1060. The van der Waals surface area contributed by atoms with E-state index < -0.39 is 0 Å². The van der Waals surface area contributed by atoms with Crippen molar-refractivity contribution in [2.75, 3.05) is 0 Å². The average molecular weight is 453 g/mol. The second-order valence-electron chi connectivity index (χ2n) is 11.1. The minimum atomic E-state index is -0.0609. The van der Waals surface area contributed by atoms with E-state index in [-0.39, 0.29) is 5.41 Å². The van der Waals surface area contributed by atoms with Crippen LogP contribution < -0.4 is 0 Å². The molecular formula is C34H44. The van der Waals surface area contributed by atoms with Gasteiger partial charge in [0.1, 0.15) is 0 Å². The Morgan fingerprint density at radius 1 is 0.647 bits per heavy atom. The summed E-state index contributed by atoms with van der Waals surface area (Å²) in [5.74, 6) is 1.06. The third-order valence-electron chi connectivity index (χ3n) is 7.99. The maximum absolute atomic E-state index is 2.55. The van der Waals surface area contributed by atoms with Crippen molar-refractivity contribution in [1.82, 2.24) is 0 Å². The number of hydrogen-bond acceptors (Lipinski definition) is 0. The van der Waals surface area contributed by atoms with Crippen LogP contribution in [0, 0.1) is 0 Å². The summed E-state index contributed by atoms with van der Waals surface area (Å²) < 4.78 is 0. The first kappa shape index (κ1) is 24.8. The van der Waals surface area contributed by atoms with Crippen molar-refractivity contribution in [3.63, 3.8) is 0 Å². The van der Waals surface area contributed by atoms with E-state index in [0.717, 1.165) is 12.8 Å². The number of benzene rings is 3. The minimum Gasteiger partial charge on any atom is -0.0654 e. The highest BCUT2D eigenvalue weighted by atomic mass is 14.5. The highest BCUT2D eigenvalue weighted by Gasteiger charge is 2.44. The van der Waals surface area contributed by atoms with Gasteiger partial charge < -0.3 is 0 Å². The van der Waals surface area contributed by atoms with Crippen LogP contribution in [0.4, 0.5) is 0 Å². The van der Waals surface area contributed by atoms with Crippen LogP contribution in [0.1, 0.15) is 125 Å². The molecule has 4 rings (SSSR count). The van der Waals surface area contributed by atoms with Crippen LogP contribution in [0.5, 0.6) is 0 Å². The minimum absolute atomic E-state index is 0.0609. The molecule has 0 fully saturated rings. The lowest BCUT2D eigenvalue weighted by molar-refractivity contribution is 0.559. The van der Waals surface area contributed by atoms with Gasteiger partial charge in [-0.05, 0) is 75.6 Å². The summed E-state index contributed by atoms with van der Waals surface area (Å²) in [7, 11) is 0. The first-order valence-electron chi connectivity index (χ1n) is 13.8. The summed E-state index contributed by atoms with van der Waals surface area (Å²) in [5, 5.41) is 0. The van der Waals surface area contributed by atoms with Gasteiger partial charge in [0.25, 0.3) is 0 Å². The first-order valence-corrected chi connectivity index (χ1v) is 13.8. The quantitative estimate of drug-likeness (QED) is 0.268. The van der Waals surface area contributed by atoms with E-state index in [4.69, 9.17) is 0 Å². The molecule has 180 valence electrons. The molecule has 0 aromatic heterocycles. The van der Waals surface area contributed by atoms with Gasteiger partial charge in [0.15, 0.2) is 0 Å². The van der Waals surface area contributed by atoms with Crippen LogP contribution in [0.15, 0.2) is 60.7 Å². The van der Waals surface area contributed by atoms with Gasteiger partial charge in [-0.3, -0.25) is 0 Å². The Morgan fingerprint density at radius 3 is 1.79 bits per heavy atom. The standard InChI is InChI=1S/C34H44/c1-7-9-10-11-13-26-14-12-15-29(21-26)34(20-8-2)32-22-27(24(3)4)16-18-30(32)31-19-17-28(25(5)6)23-33(31)34/h12,14-19,21-25H,7-11,13,20H2,1-6H3. The summed E-state index contributed by atoms with van der Waals surface area (Å²) in [4.78, 5) is 0. The van der Waals surface area contributed by atoms with Crippen molar-refractivity contribution in [3.05, 3.63) is 94.0 Å². The molecule has 3 aromatic rings. The van der Waals surface area contributed by atoms with E-state index in [1.54, 1.807) is 0 Å². The highest BCUT2D eigenvalue weighted by molar-refractivity contribution is 5.84. The second kappa shape index (κ2) is 10.5. The smallest absolute Gasteiger partial charge is 0.0463 e. The molecule has 0 radical (unpaired) electrons. The predicted octanol–water partition coefficient (Wildman–Crippen LogP) is 10.2. The van der Waals surface area contributed by atoms with Gasteiger partial charge in [-0.15, -0.1) is 0 Å². The summed E-state index contributed by atoms with van der Waals surface area (Å²) in [6.45, 7) is 13.9. The molecular weight excluding hydrogens is 408 g/mol. The fourth-order valence-corrected chi connectivity index (χ4v) is 6.01. The van der Waals surface area contributed by atoms with Gasteiger partial charge >= 0.3 is 0 Å². The first-order chi connectivity index (χ1) is 16.4. The summed E-state index contributed by atoms with van der Waals surface area (Å²) in [6, 6.07) is 24.2. The number of rotatable bonds is 10. The fourth-order valence-electron chi connectivity index (χ4n) is 6.01. The highest BCUT2D eigenvalue weighted by Crippen LogP contribution is 2.56. The van der Waals surface area contributed by atoms with Crippen LogP contribution in [-0.2, 0) is 11.8 Å². The second-order valence-corrected chi connectivity index (χ2v) is 11.1. The van der Waals surface area contributed by atoms with Gasteiger partial charge in [0.2, 0.25) is 0 Å². The van der Waals surface area contributed by atoms with Gasteiger partial charge in [0.05, 0.1) is 0 Å². The van der Waals surface area contributed by atoms with Crippen LogP contribution in [0.2, 0.25) is 0 Å². The largest absolute Gasteiger partial charge is 0.0654 e. The van der Waals surface area contributed by atoms with E-state index >= 15 is 0 Å². The number of fused-ring (bicyclic) bond motifs is 3. The van der Waals surface area contributed by atoms with Gasteiger partial charge in [0, 0.05) is 5.41 Å². The topological polar surface area (TPSA) is 0 Å². The van der Waals surface area contributed by atoms with E-state index in [2.05, 4.69) is 102 Å². The van der Waals surface area contributed by atoms with E-state index in [1.807, 2.05) is 0 Å². The maximum Gasteiger partial charge on any atom is 0.0463 e. The van der Waals surface area contributed by atoms with Crippen molar-refractivity contribution in [2.24, 2.45) is 0 Å². The molecule has 0 nitrogen and oxygen atoms in total. The predicted molar refractivity (Wildman–Crippen MR) is 149 cm³/mol. The lowest BCUT2D eigenvalue weighted by Gasteiger charge is -2.34.